The van der Waals surface area contributed by atoms with Gasteiger partial charge in [0.05, 0.1) is 20.3 Å². The summed E-state index contributed by atoms with van der Waals surface area (Å²) in [6, 6.07) is 12.8. The van der Waals surface area contributed by atoms with Crippen molar-refractivity contribution in [1.29, 1.82) is 0 Å². The van der Waals surface area contributed by atoms with Gasteiger partial charge in [-0.15, -0.1) is 0 Å². The lowest BCUT2D eigenvalue weighted by atomic mass is 9.92. The monoisotopic (exact) mass is 402 g/mol. The first-order valence-electron chi connectivity index (χ1n) is 9.71. The van der Waals surface area contributed by atoms with Crippen LogP contribution in [0, 0.1) is 12.7 Å². The summed E-state index contributed by atoms with van der Waals surface area (Å²) in [7, 11) is 1.31. The first-order chi connectivity index (χ1) is 14.1. The number of amides is 1. The molecule has 2 aromatic rings. The van der Waals surface area contributed by atoms with E-state index in [1.54, 1.807) is 6.07 Å². The predicted octanol–water partition coefficient (Wildman–Crippen LogP) is 3.20. The summed E-state index contributed by atoms with van der Waals surface area (Å²) in [5, 5.41) is 5.89. The van der Waals surface area contributed by atoms with Crippen molar-refractivity contribution in [2.75, 3.05) is 40.0 Å². The predicted molar refractivity (Wildman–Crippen MR) is 108 cm³/mol. The second kappa shape index (κ2) is 10.3. The van der Waals surface area contributed by atoms with Gasteiger partial charge >= 0.3 is 6.09 Å². The minimum absolute atomic E-state index is 0.239. The van der Waals surface area contributed by atoms with Gasteiger partial charge in [-0.1, -0.05) is 42.0 Å². The van der Waals surface area contributed by atoms with Gasteiger partial charge in [-0.25, -0.2) is 9.18 Å². The molecular weight excluding hydrogens is 375 g/mol. The van der Waals surface area contributed by atoms with E-state index in [0.29, 0.717) is 18.7 Å². The van der Waals surface area contributed by atoms with Gasteiger partial charge in [-0.05, 0) is 24.1 Å². The number of carbonyl (C=O) groups excluding carboxylic acids is 1. The van der Waals surface area contributed by atoms with Crippen LogP contribution in [0.2, 0.25) is 0 Å². The highest BCUT2D eigenvalue weighted by atomic mass is 19.1. The molecule has 0 spiro atoms. The number of aryl methyl sites for hydroxylation is 1. The van der Waals surface area contributed by atoms with Crippen LogP contribution in [0.5, 0.6) is 0 Å². The standard InChI is InChI=1S/C22H27FN2O4/c1-15-5-3-6-16(13-15)20-17(7-4-8-18(20)23)21(19-14-24-9-11-28-19)29-12-10-25-22(26)27-2/h3-8,13,19,21,24H,9-12,14H2,1-2H3,(H,25,26)/t19-,21+/m1/s1. The molecule has 2 atom stereocenters. The fourth-order valence-corrected chi connectivity index (χ4v) is 3.47. The van der Waals surface area contributed by atoms with Gasteiger partial charge in [0.1, 0.15) is 18.0 Å². The number of methoxy groups -OCH3 is 1. The Labute approximate surface area is 170 Å². The molecule has 0 bridgehead atoms. The van der Waals surface area contributed by atoms with Gasteiger partial charge in [-0.2, -0.15) is 0 Å². The van der Waals surface area contributed by atoms with Crippen LogP contribution < -0.4 is 10.6 Å². The molecule has 0 unspecified atom stereocenters. The molecular formula is C22H27FN2O4. The summed E-state index contributed by atoms with van der Waals surface area (Å²) in [4.78, 5) is 11.3. The van der Waals surface area contributed by atoms with Crippen molar-refractivity contribution in [3.63, 3.8) is 0 Å². The van der Waals surface area contributed by atoms with E-state index in [-0.39, 0.29) is 25.1 Å². The second-order valence-electron chi connectivity index (χ2n) is 6.90. The van der Waals surface area contributed by atoms with E-state index in [1.165, 1.54) is 13.2 Å². The van der Waals surface area contributed by atoms with Crippen LogP contribution in [0.1, 0.15) is 17.2 Å². The molecule has 0 radical (unpaired) electrons. The number of ether oxygens (including phenoxy) is 3. The Morgan fingerprint density at radius 2 is 2.17 bits per heavy atom. The Bertz CT molecular complexity index is 824. The maximum atomic E-state index is 14.9. The van der Waals surface area contributed by atoms with Gasteiger partial charge in [0.2, 0.25) is 0 Å². The summed E-state index contributed by atoms with van der Waals surface area (Å²) < 4.78 is 31.6. The number of benzene rings is 2. The number of carbonyl (C=O) groups is 1. The first-order valence-corrected chi connectivity index (χ1v) is 9.71. The third-order valence-electron chi connectivity index (χ3n) is 4.81. The molecule has 0 aromatic heterocycles. The second-order valence-corrected chi connectivity index (χ2v) is 6.90. The highest BCUT2D eigenvalue weighted by Crippen LogP contribution is 2.35. The first kappa shape index (κ1) is 21.2. The van der Waals surface area contributed by atoms with Crippen LogP contribution in [-0.4, -0.2) is 52.2 Å². The number of hydrogen-bond donors (Lipinski definition) is 2. The Morgan fingerprint density at radius 3 is 2.90 bits per heavy atom. The van der Waals surface area contributed by atoms with E-state index in [1.807, 2.05) is 37.3 Å². The highest BCUT2D eigenvalue weighted by molar-refractivity contribution is 5.69. The molecule has 1 amide bonds. The van der Waals surface area contributed by atoms with Crippen molar-refractivity contribution in [1.82, 2.24) is 10.6 Å². The zero-order valence-electron chi connectivity index (χ0n) is 16.7. The van der Waals surface area contributed by atoms with E-state index in [4.69, 9.17) is 9.47 Å². The number of alkyl carbamates (subject to hydrolysis) is 1. The van der Waals surface area contributed by atoms with Gasteiger partial charge in [-0.3, -0.25) is 0 Å². The molecule has 2 aromatic carbocycles. The van der Waals surface area contributed by atoms with E-state index in [0.717, 1.165) is 23.2 Å². The van der Waals surface area contributed by atoms with E-state index < -0.39 is 12.2 Å². The largest absolute Gasteiger partial charge is 0.453 e. The molecule has 7 heteroatoms. The molecule has 6 nitrogen and oxygen atoms in total. The summed E-state index contributed by atoms with van der Waals surface area (Å²) in [5.74, 6) is -0.307. The molecule has 2 N–H and O–H groups in total. The highest BCUT2D eigenvalue weighted by Gasteiger charge is 2.30. The zero-order valence-corrected chi connectivity index (χ0v) is 16.7. The minimum atomic E-state index is -0.521. The van der Waals surface area contributed by atoms with Gasteiger partial charge < -0.3 is 24.8 Å². The molecule has 1 fully saturated rings. The average Bonchev–Trinajstić information content (AvgIpc) is 2.74. The average molecular weight is 402 g/mol. The Kier molecular flexibility index (Phi) is 7.57. The molecule has 3 rings (SSSR count). The molecule has 1 saturated heterocycles. The lowest BCUT2D eigenvalue weighted by molar-refractivity contribution is -0.0851. The number of nitrogens with one attached hydrogen (secondary N) is 2. The maximum Gasteiger partial charge on any atom is 0.406 e. The normalized spacial score (nSPS) is 17.6. The van der Waals surface area contributed by atoms with E-state index in [9.17, 15) is 9.18 Å². The summed E-state index contributed by atoms with van der Waals surface area (Å²) in [6.07, 6.45) is -1.28. The molecule has 0 saturated carbocycles. The van der Waals surface area contributed by atoms with Crippen molar-refractivity contribution < 1.29 is 23.4 Å². The van der Waals surface area contributed by atoms with Gasteiger partial charge in [0, 0.05) is 25.2 Å². The van der Waals surface area contributed by atoms with Gasteiger partial charge in [0.25, 0.3) is 0 Å². The lowest BCUT2D eigenvalue weighted by Gasteiger charge is -2.32. The van der Waals surface area contributed by atoms with Crippen molar-refractivity contribution >= 4 is 6.09 Å². The number of halogens is 1. The quantitative estimate of drug-likeness (QED) is 0.696. The zero-order chi connectivity index (χ0) is 20.6. The van der Waals surface area contributed by atoms with E-state index in [2.05, 4.69) is 15.4 Å². The van der Waals surface area contributed by atoms with Crippen molar-refractivity contribution in [2.45, 2.75) is 19.1 Å². The third kappa shape index (κ3) is 5.53. The summed E-state index contributed by atoms with van der Waals surface area (Å²) >= 11 is 0. The topological polar surface area (TPSA) is 68.8 Å². The molecule has 0 aliphatic carbocycles. The Hall–Kier alpha value is -2.48. The van der Waals surface area contributed by atoms with Crippen LogP contribution in [0.25, 0.3) is 11.1 Å². The summed E-state index contributed by atoms with van der Waals surface area (Å²) in [6.45, 7) is 4.41. The SMILES string of the molecule is COC(=O)NCCO[C@@H](c1cccc(F)c1-c1cccc(C)c1)[C@H]1CNCCO1. The van der Waals surface area contributed by atoms with Crippen LogP contribution in [-0.2, 0) is 14.2 Å². The van der Waals surface area contributed by atoms with Crippen molar-refractivity contribution in [3.05, 3.63) is 59.4 Å². The fourth-order valence-electron chi connectivity index (χ4n) is 3.47. The molecule has 1 aliphatic rings. The lowest BCUT2D eigenvalue weighted by Crippen LogP contribution is -2.43. The fraction of sp³-hybridized carbons (Fsp3) is 0.409. The van der Waals surface area contributed by atoms with E-state index >= 15 is 0 Å². The van der Waals surface area contributed by atoms with Crippen LogP contribution in [0.4, 0.5) is 9.18 Å². The van der Waals surface area contributed by atoms with Crippen molar-refractivity contribution in [3.8, 4) is 11.1 Å². The number of hydrogen-bond acceptors (Lipinski definition) is 5. The Morgan fingerprint density at radius 1 is 1.34 bits per heavy atom. The van der Waals surface area contributed by atoms with Gasteiger partial charge in [0.15, 0.2) is 0 Å². The Balaban J connectivity index is 1.90. The molecule has 29 heavy (non-hydrogen) atoms. The van der Waals surface area contributed by atoms with Crippen LogP contribution >= 0.6 is 0 Å². The van der Waals surface area contributed by atoms with Crippen molar-refractivity contribution in [2.24, 2.45) is 0 Å². The third-order valence-corrected chi connectivity index (χ3v) is 4.81. The maximum absolute atomic E-state index is 14.9. The number of rotatable bonds is 7. The summed E-state index contributed by atoms with van der Waals surface area (Å²) in [5.41, 5.74) is 3.08. The van der Waals surface area contributed by atoms with Crippen LogP contribution in [0.3, 0.4) is 0 Å². The smallest absolute Gasteiger partial charge is 0.406 e. The van der Waals surface area contributed by atoms with Crippen LogP contribution in [0.15, 0.2) is 42.5 Å². The molecule has 1 heterocycles. The molecule has 1 aliphatic heterocycles. The minimum Gasteiger partial charge on any atom is -0.453 e. The number of morpholine rings is 1. The molecule has 156 valence electrons.